The van der Waals surface area contributed by atoms with Gasteiger partial charge in [-0.1, -0.05) is 12.1 Å². The third-order valence-electron chi connectivity index (χ3n) is 4.17. The average Bonchev–Trinajstić information content (AvgIpc) is 2.67. The molecule has 0 saturated heterocycles. The molecular formula is C19H20F6N4O2. The van der Waals surface area contributed by atoms with Gasteiger partial charge >= 0.3 is 12.5 Å². The molecule has 0 radical (unpaired) electrons. The lowest BCUT2D eigenvalue weighted by Crippen LogP contribution is -2.32. The fourth-order valence-corrected chi connectivity index (χ4v) is 2.68. The number of nitrogens with two attached hydrogens (primary N) is 1. The molecule has 0 heterocycles. The van der Waals surface area contributed by atoms with E-state index in [4.69, 9.17) is 5.73 Å². The van der Waals surface area contributed by atoms with Crippen LogP contribution in [0.25, 0.3) is 0 Å². The molecule has 0 aliphatic rings. The third-order valence-corrected chi connectivity index (χ3v) is 4.17. The fourth-order valence-electron chi connectivity index (χ4n) is 2.68. The summed E-state index contributed by atoms with van der Waals surface area (Å²) in [5, 5.41) is 8.00. The molecule has 0 bridgehead atoms. The zero-order chi connectivity index (χ0) is 23.2. The Bertz CT molecular complexity index is 902. The molecule has 6 nitrogen and oxygen atoms in total. The number of benzene rings is 2. The van der Waals surface area contributed by atoms with Gasteiger partial charge in [0.25, 0.3) is 0 Å². The molecule has 0 aromatic heterocycles. The second kappa shape index (κ2) is 9.77. The predicted octanol–water partition coefficient (Wildman–Crippen LogP) is 4.02. The maximum atomic E-state index is 13.0. The van der Waals surface area contributed by atoms with Crippen LogP contribution in [-0.2, 0) is 11.0 Å². The van der Waals surface area contributed by atoms with Crippen LogP contribution in [0.3, 0.4) is 0 Å². The molecule has 0 fully saturated rings. The van der Waals surface area contributed by atoms with Crippen molar-refractivity contribution in [2.24, 2.45) is 0 Å². The minimum Gasteiger partial charge on any atom is -0.406 e. The number of carbonyl (C=O) groups excluding carboxylic acids is 1. The lowest BCUT2D eigenvalue weighted by atomic mass is 10.0. The number of alkyl halides is 6. The van der Waals surface area contributed by atoms with Crippen LogP contribution < -0.4 is 26.4 Å². The van der Waals surface area contributed by atoms with Gasteiger partial charge in [-0.25, -0.2) is 0 Å². The summed E-state index contributed by atoms with van der Waals surface area (Å²) >= 11 is 0. The Labute approximate surface area is 173 Å². The first-order valence-electron chi connectivity index (χ1n) is 8.89. The van der Waals surface area contributed by atoms with Crippen molar-refractivity contribution < 1.29 is 35.9 Å². The number of nitrogens with one attached hydrogen (secondary N) is 3. The number of hydrogen-bond donors (Lipinski definition) is 4. The van der Waals surface area contributed by atoms with Crippen LogP contribution in [0.2, 0.25) is 0 Å². The quantitative estimate of drug-likeness (QED) is 0.277. The van der Waals surface area contributed by atoms with E-state index in [2.05, 4.69) is 20.7 Å². The van der Waals surface area contributed by atoms with Crippen LogP contribution in [0.4, 0.5) is 37.7 Å². The molecule has 12 heteroatoms. The normalized spacial score (nSPS) is 12.9. The van der Waals surface area contributed by atoms with Gasteiger partial charge in [0.05, 0.1) is 23.6 Å². The van der Waals surface area contributed by atoms with E-state index < -0.39 is 35.8 Å². The highest BCUT2D eigenvalue weighted by molar-refractivity contribution is 5.76. The van der Waals surface area contributed by atoms with Crippen molar-refractivity contribution in [3.63, 3.8) is 0 Å². The topological polar surface area (TPSA) is 88.4 Å². The minimum absolute atomic E-state index is 0.108. The van der Waals surface area contributed by atoms with Gasteiger partial charge in [-0.2, -0.15) is 13.2 Å². The molecule has 0 aliphatic carbocycles. The predicted molar refractivity (Wildman–Crippen MR) is 102 cm³/mol. The summed E-state index contributed by atoms with van der Waals surface area (Å²) in [4.78, 5) is 11.8. The molecule has 1 atom stereocenters. The van der Waals surface area contributed by atoms with Gasteiger partial charge in [0.15, 0.2) is 0 Å². The lowest BCUT2D eigenvalue weighted by molar-refractivity contribution is -0.274. The van der Waals surface area contributed by atoms with Crippen molar-refractivity contribution >= 4 is 17.3 Å². The molecule has 170 valence electrons. The monoisotopic (exact) mass is 450 g/mol. The Morgan fingerprint density at radius 3 is 2.42 bits per heavy atom. The molecule has 2 rings (SSSR count). The van der Waals surface area contributed by atoms with Crippen molar-refractivity contribution in [2.45, 2.75) is 25.0 Å². The number of amides is 1. The summed E-state index contributed by atoms with van der Waals surface area (Å²) in [6, 6.07) is 6.95. The number of halogens is 6. The van der Waals surface area contributed by atoms with Gasteiger partial charge in [0.2, 0.25) is 5.91 Å². The summed E-state index contributed by atoms with van der Waals surface area (Å²) < 4.78 is 80.0. The van der Waals surface area contributed by atoms with E-state index in [1.54, 1.807) is 0 Å². The van der Waals surface area contributed by atoms with Gasteiger partial charge in [0.1, 0.15) is 5.75 Å². The largest absolute Gasteiger partial charge is 0.573 e. The van der Waals surface area contributed by atoms with Crippen LogP contribution in [0.1, 0.15) is 23.6 Å². The van der Waals surface area contributed by atoms with Crippen molar-refractivity contribution in [2.75, 3.05) is 24.8 Å². The molecular weight excluding hydrogens is 430 g/mol. The summed E-state index contributed by atoms with van der Waals surface area (Å²) in [7, 11) is 1.39. The van der Waals surface area contributed by atoms with Gasteiger partial charge < -0.3 is 21.1 Å². The SMILES string of the molecule is CNC(=O)CC(NCNc1cc(OC(F)(F)F)ccc1N)c1cccc(C(F)(F)F)c1. The second-order valence-corrected chi connectivity index (χ2v) is 6.41. The first-order chi connectivity index (χ1) is 14.4. The van der Waals surface area contributed by atoms with E-state index in [9.17, 15) is 31.1 Å². The molecule has 0 spiro atoms. The number of rotatable bonds is 8. The summed E-state index contributed by atoms with van der Waals surface area (Å²) in [5.41, 5.74) is 5.30. The molecule has 1 amide bonds. The fraction of sp³-hybridized carbons (Fsp3) is 0.316. The highest BCUT2D eigenvalue weighted by Gasteiger charge is 2.32. The summed E-state index contributed by atoms with van der Waals surface area (Å²) in [6.45, 7) is -0.114. The van der Waals surface area contributed by atoms with Crippen molar-refractivity contribution in [3.8, 4) is 5.75 Å². The number of anilines is 2. The maximum absolute atomic E-state index is 13.0. The zero-order valence-corrected chi connectivity index (χ0v) is 16.2. The lowest BCUT2D eigenvalue weighted by Gasteiger charge is -2.21. The minimum atomic E-state index is -4.88. The molecule has 2 aromatic rings. The van der Waals surface area contributed by atoms with E-state index in [1.807, 2.05) is 0 Å². The standard InChI is InChI=1S/C19H20F6N4O2/c1-27-17(30)9-15(11-3-2-4-12(7-11)18(20,21)22)28-10-29-16-8-13(5-6-14(16)26)31-19(23,24)25/h2-8,15,28-29H,9-10,26H2,1H3,(H,27,30). The smallest absolute Gasteiger partial charge is 0.406 e. The number of hydrogen-bond acceptors (Lipinski definition) is 5. The first-order valence-corrected chi connectivity index (χ1v) is 8.89. The van der Waals surface area contributed by atoms with E-state index in [1.165, 1.54) is 25.2 Å². The third kappa shape index (κ3) is 7.55. The number of carbonyl (C=O) groups is 1. The molecule has 0 saturated carbocycles. The Morgan fingerprint density at radius 2 is 1.81 bits per heavy atom. The highest BCUT2D eigenvalue weighted by atomic mass is 19.4. The molecule has 1 unspecified atom stereocenters. The summed E-state index contributed by atoms with van der Waals surface area (Å²) in [5.74, 6) is -0.918. The Hall–Kier alpha value is -3.15. The van der Waals surface area contributed by atoms with Crippen LogP contribution in [0.5, 0.6) is 5.75 Å². The molecule has 2 aromatic carbocycles. The second-order valence-electron chi connectivity index (χ2n) is 6.41. The van der Waals surface area contributed by atoms with Crippen LogP contribution in [0, 0.1) is 0 Å². The Morgan fingerprint density at radius 1 is 1.10 bits per heavy atom. The Kier molecular flexibility index (Phi) is 7.60. The first kappa shape index (κ1) is 24.1. The van der Waals surface area contributed by atoms with Crippen molar-refractivity contribution in [3.05, 3.63) is 53.6 Å². The summed E-state index contributed by atoms with van der Waals surface area (Å²) in [6.07, 6.45) is -9.61. The number of nitrogen functional groups attached to an aromatic ring is 1. The van der Waals surface area contributed by atoms with E-state index >= 15 is 0 Å². The molecule has 5 N–H and O–H groups in total. The van der Waals surface area contributed by atoms with E-state index in [-0.39, 0.29) is 30.0 Å². The van der Waals surface area contributed by atoms with Crippen molar-refractivity contribution in [1.82, 2.24) is 10.6 Å². The van der Waals surface area contributed by atoms with Crippen LogP contribution >= 0.6 is 0 Å². The zero-order valence-electron chi connectivity index (χ0n) is 16.2. The number of ether oxygens (including phenoxy) is 1. The maximum Gasteiger partial charge on any atom is 0.573 e. The molecule has 31 heavy (non-hydrogen) atoms. The van der Waals surface area contributed by atoms with Crippen molar-refractivity contribution in [1.29, 1.82) is 0 Å². The average molecular weight is 450 g/mol. The van der Waals surface area contributed by atoms with Gasteiger partial charge in [-0.3, -0.25) is 10.1 Å². The van der Waals surface area contributed by atoms with E-state index in [0.717, 1.165) is 24.3 Å². The molecule has 0 aliphatic heterocycles. The highest BCUT2D eigenvalue weighted by Crippen LogP contribution is 2.32. The van der Waals surface area contributed by atoms with Gasteiger partial charge in [0, 0.05) is 25.6 Å². The van der Waals surface area contributed by atoms with Crippen LogP contribution in [0.15, 0.2) is 42.5 Å². The van der Waals surface area contributed by atoms with E-state index in [0.29, 0.717) is 0 Å². The van der Waals surface area contributed by atoms with Gasteiger partial charge in [-0.15, -0.1) is 13.2 Å². The Balaban J connectivity index is 2.15. The van der Waals surface area contributed by atoms with Crippen LogP contribution in [-0.4, -0.2) is 26.0 Å². The van der Waals surface area contributed by atoms with Gasteiger partial charge in [-0.05, 0) is 29.8 Å².